The first-order valence-corrected chi connectivity index (χ1v) is 10.0. The molecule has 0 N–H and O–H groups in total. The third-order valence-corrected chi connectivity index (χ3v) is 5.66. The van der Waals surface area contributed by atoms with Gasteiger partial charge in [-0.2, -0.15) is 0 Å². The quantitative estimate of drug-likeness (QED) is 0.697. The lowest BCUT2D eigenvalue weighted by molar-refractivity contribution is 0.0362. The third kappa shape index (κ3) is 4.39. The molecule has 4 rings (SSSR count). The molecular weight excluding hydrogens is 346 g/mol. The number of ether oxygens (including phenoxy) is 2. The summed E-state index contributed by atoms with van der Waals surface area (Å²) in [6.45, 7) is 9.87. The molecule has 3 aliphatic rings. The molecule has 0 bridgehead atoms. The van der Waals surface area contributed by atoms with E-state index in [9.17, 15) is 4.79 Å². The first-order valence-electron chi connectivity index (χ1n) is 10.0. The molecule has 1 aromatic heterocycles. The Morgan fingerprint density at radius 2 is 1.89 bits per heavy atom. The fourth-order valence-electron chi connectivity index (χ4n) is 4.16. The maximum absolute atomic E-state index is 12.2. The summed E-state index contributed by atoms with van der Waals surface area (Å²) in [6, 6.07) is 0.165. The average Bonchev–Trinajstić information content (AvgIpc) is 3.20. The number of hydrogen-bond donors (Lipinski definition) is 0. The minimum Gasteiger partial charge on any atom is -0.442 e. The van der Waals surface area contributed by atoms with Crippen LogP contribution in [0.3, 0.4) is 0 Å². The van der Waals surface area contributed by atoms with Crippen LogP contribution in [0.5, 0.6) is 0 Å². The van der Waals surface area contributed by atoms with Gasteiger partial charge >= 0.3 is 6.09 Å². The van der Waals surface area contributed by atoms with E-state index in [-0.39, 0.29) is 18.2 Å². The third-order valence-electron chi connectivity index (χ3n) is 5.66. The molecule has 0 radical (unpaired) electrons. The van der Waals surface area contributed by atoms with Crippen molar-refractivity contribution in [3.8, 4) is 0 Å². The smallest absolute Gasteiger partial charge is 0.410 e. The Morgan fingerprint density at radius 1 is 1.11 bits per heavy atom. The van der Waals surface area contributed by atoms with Crippen LogP contribution in [-0.2, 0) is 22.4 Å². The zero-order chi connectivity index (χ0) is 18.6. The van der Waals surface area contributed by atoms with Crippen molar-refractivity contribution in [2.24, 2.45) is 0 Å². The first kappa shape index (κ1) is 18.6. The molecule has 8 heteroatoms. The largest absolute Gasteiger partial charge is 0.442 e. The average molecular weight is 375 g/mol. The zero-order valence-corrected chi connectivity index (χ0v) is 16.0. The number of aromatic nitrogens is 2. The van der Waals surface area contributed by atoms with Crippen LogP contribution < -0.4 is 0 Å². The van der Waals surface area contributed by atoms with Gasteiger partial charge in [-0.3, -0.25) is 9.80 Å². The van der Waals surface area contributed by atoms with Crippen molar-refractivity contribution in [2.45, 2.75) is 38.5 Å². The summed E-state index contributed by atoms with van der Waals surface area (Å²) in [4.78, 5) is 27.7. The normalized spacial score (nSPS) is 26.4. The molecule has 1 aromatic rings. The number of morpholine rings is 1. The molecular formula is C19H29N5O3. The summed E-state index contributed by atoms with van der Waals surface area (Å²) >= 11 is 0. The van der Waals surface area contributed by atoms with Crippen molar-refractivity contribution in [1.82, 2.24) is 24.7 Å². The van der Waals surface area contributed by atoms with E-state index in [0.717, 1.165) is 83.3 Å². The molecule has 1 amide bonds. The Bertz CT molecular complexity index is 635. The van der Waals surface area contributed by atoms with Gasteiger partial charge in [0.2, 0.25) is 0 Å². The Labute approximate surface area is 160 Å². The minimum atomic E-state index is -0.151. The maximum atomic E-state index is 12.2. The standard InChI is InChI=1S/C19H29N5O3/c1-2-18-20-10-15(11-21-18)12-23-13-16-17(14-23)27-19(25)24(16)5-3-4-22-6-8-26-9-7-22/h10-11,16-17H,2-9,12-14H2,1H3/t16-,17+/m0/s1. The van der Waals surface area contributed by atoms with E-state index in [0.29, 0.717) is 0 Å². The van der Waals surface area contributed by atoms with Gasteiger partial charge in [0.1, 0.15) is 11.9 Å². The summed E-state index contributed by atoms with van der Waals surface area (Å²) in [5.74, 6) is 0.873. The molecule has 8 nitrogen and oxygen atoms in total. The van der Waals surface area contributed by atoms with E-state index >= 15 is 0 Å². The van der Waals surface area contributed by atoms with Crippen LogP contribution in [0, 0.1) is 0 Å². The van der Waals surface area contributed by atoms with Crippen LogP contribution in [0.25, 0.3) is 0 Å². The fraction of sp³-hybridized carbons (Fsp3) is 0.737. The summed E-state index contributed by atoms with van der Waals surface area (Å²) < 4.78 is 11.0. The maximum Gasteiger partial charge on any atom is 0.410 e. The highest BCUT2D eigenvalue weighted by Crippen LogP contribution is 2.28. The molecule has 0 aliphatic carbocycles. The van der Waals surface area contributed by atoms with Crippen molar-refractivity contribution < 1.29 is 14.3 Å². The lowest BCUT2D eigenvalue weighted by Gasteiger charge is -2.28. The second-order valence-electron chi connectivity index (χ2n) is 7.55. The van der Waals surface area contributed by atoms with Crippen LogP contribution >= 0.6 is 0 Å². The summed E-state index contributed by atoms with van der Waals surface area (Å²) in [6.07, 6.45) is 5.48. The number of hydrogen-bond acceptors (Lipinski definition) is 7. The number of carbonyl (C=O) groups excluding carboxylic acids is 1. The second kappa shape index (κ2) is 8.50. The van der Waals surface area contributed by atoms with Crippen molar-refractivity contribution in [2.75, 3.05) is 52.5 Å². The van der Waals surface area contributed by atoms with Crippen LogP contribution in [-0.4, -0.2) is 95.4 Å². The monoisotopic (exact) mass is 375 g/mol. The predicted octanol–water partition coefficient (Wildman–Crippen LogP) is 0.766. The number of amides is 1. The van der Waals surface area contributed by atoms with E-state index < -0.39 is 0 Å². The van der Waals surface area contributed by atoms with Gasteiger partial charge in [0, 0.05) is 70.2 Å². The molecule has 27 heavy (non-hydrogen) atoms. The van der Waals surface area contributed by atoms with Crippen LogP contribution in [0.15, 0.2) is 12.4 Å². The van der Waals surface area contributed by atoms with Gasteiger partial charge in [-0.1, -0.05) is 6.92 Å². The lowest BCUT2D eigenvalue weighted by Crippen LogP contribution is -2.41. The fourth-order valence-corrected chi connectivity index (χ4v) is 4.16. The number of likely N-dealkylation sites (tertiary alicyclic amines) is 1. The Kier molecular flexibility index (Phi) is 5.85. The molecule has 148 valence electrons. The Morgan fingerprint density at radius 3 is 2.63 bits per heavy atom. The van der Waals surface area contributed by atoms with Crippen molar-refractivity contribution in [3.05, 3.63) is 23.8 Å². The number of fused-ring (bicyclic) bond motifs is 1. The molecule has 0 unspecified atom stereocenters. The second-order valence-corrected chi connectivity index (χ2v) is 7.55. The number of rotatable bonds is 7. The SMILES string of the molecule is CCc1ncc(CN2C[C@H]3OC(=O)N(CCCN4CCOCC4)[C@H]3C2)cn1. The summed E-state index contributed by atoms with van der Waals surface area (Å²) in [5.41, 5.74) is 1.11. The van der Waals surface area contributed by atoms with Crippen LogP contribution in [0.4, 0.5) is 4.79 Å². The summed E-state index contributed by atoms with van der Waals surface area (Å²) in [5, 5.41) is 0. The van der Waals surface area contributed by atoms with Gasteiger partial charge < -0.3 is 14.4 Å². The van der Waals surface area contributed by atoms with Crippen LogP contribution in [0.2, 0.25) is 0 Å². The molecule has 0 spiro atoms. The van der Waals surface area contributed by atoms with Crippen molar-refractivity contribution in [3.63, 3.8) is 0 Å². The molecule has 3 fully saturated rings. The van der Waals surface area contributed by atoms with Gasteiger partial charge in [0.15, 0.2) is 0 Å². The number of aryl methyl sites for hydroxylation is 1. The molecule has 3 aliphatic heterocycles. The Balaban J connectivity index is 1.27. The molecule has 4 heterocycles. The van der Waals surface area contributed by atoms with Crippen molar-refractivity contribution >= 4 is 6.09 Å². The predicted molar refractivity (Wildman–Crippen MR) is 99.3 cm³/mol. The number of nitrogens with zero attached hydrogens (tertiary/aromatic N) is 5. The molecule has 0 aromatic carbocycles. The van der Waals surface area contributed by atoms with Gasteiger partial charge in [0.05, 0.1) is 19.3 Å². The van der Waals surface area contributed by atoms with E-state index in [4.69, 9.17) is 9.47 Å². The van der Waals surface area contributed by atoms with Gasteiger partial charge in [-0.05, 0) is 6.42 Å². The van der Waals surface area contributed by atoms with Gasteiger partial charge in [-0.15, -0.1) is 0 Å². The highest BCUT2D eigenvalue weighted by Gasteiger charge is 2.47. The zero-order valence-electron chi connectivity index (χ0n) is 16.0. The van der Waals surface area contributed by atoms with E-state index in [1.165, 1.54) is 0 Å². The highest BCUT2D eigenvalue weighted by atomic mass is 16.6. The van der Waals surface area contributed by atoms with Crippen LogP contribution in [0.1, 0.15) is 24.7 Å². The highest BCUT2D eigenvalue weighted by molar-refractivity contribution is 5.71. The first-order chi connectivity index (χ1) is 13.2. The Hall–Kier alpha value is -1.77. The van der Waals surface area contributed by atoms with Crippen molar-refractivity contribution in [1.29, 1.82) is 0 Å². The lowest BCUT2D eigenvalue weighted by atomic mass is 10.2. The molecule has 0 saturated carbocycles. The minimum absolute atomic E-state index is 0.0169. The van der Waals surface area contributed by atoms with Gasteiger partial charge in [0.25, 0.3) is 0 Å². The molecule has 3 saturated heterocycles. The molecule has 2 atom stereocenters. The summed E-state index contributed by atoms with van der Waals surface area (Å²) in [7, 11) is 0. The topological polar surface area (TPSA) is 71.0 Å². The van der Waals surface area contributed by atoms with Gasteiger partial charge in [-0.25, -0.2) is 14.8 Å². The van der Waals surface area contributed by atoms with E-state index in [1.807, 2.05) is 17.3 Å². The van der Waals surface area contributed by atoms with E-state index in [2.05, 4.69) is 26.7 Å². The van der Waals surface area contributed by atoms with E-state index in [1.54, 1.807) is 0 Å². The number of carbonyl (C=O) groups is 1.